The van der Waals surface area contributed by atoms with Crippen molar-refractivity contribution in [2.45, 2.75) is 25.1 Å². The molecule has 1 atom stereocenters. The van der Waals surface area contributed by atoms with Crippen LogP contribution in [0.4, 0.5) is 13.2 Å². The van der Waals surface area contributed by atoms with Crippen LogP contribution in [0.3, 0.4) is 0 Å². The number of nitrogens with one attached hydrogen (secondary N) is 1. The van der Waals surface area contributed by atoms with Gasteiger partial charge in [0.25, 0.3) is 0 Å². The Morgan fingerprint density at radius 2 is 2.00 bits per heavy atom. The molecular weight excluding hydrogens is 171 g/mol. The zero-order valence-corrected chi connectivity index (χ0v) is 7.24. The predicted molar refractivity (Wildman–Crippen MR) is 40.0 cm³/mol. The van der Waals surface area contributed by atoms with Gasteiger partial charge in [0.15, 0.2) is 0 Å². The first-order valence-corrected chi connectivity index (χ1v) is 3.75. The maximum Gasteiger partial charge on any atom is 0.403 e. The third-order valence-electron chi connectivity index (χ3n) is 1.58. The van der Waals surface area contributed by atoms with E-state index in [0.717, 1.165) is 0 Å². The van der Waals surface area contributed by atoms with Gasteiger partial charge in [-0.15, -0.1) is 0 Å². The molecule has 74 valence electrons. The molecular formula is C7H14F3NO. The molecule has 0 spiro atoms. The van der Waals surface area contributed by atoms with Gasteiger partial charge in [0.2, 0.25) is 0 Å². The summed E-state index contributed by atoms with van der Waals surface area (Å²) in [5, 5.41) is 2.22. The van der Waals surface area contributed by atoms with E-state index in [-0.39, 0.29) is 6.42 Å². The highest BCUT2D eigenvalue weighted by molar-refractivity contribution is 4.72. The van der Waals surface area contributed by atoms with Crippen LogP contribution in [0.5, 0.6) is 0 Å². The topological polar surface area (TPSA) is 21.3 Å². The molecule has 0 aromatic heterocycles. The molecule has 2 nitrogen and oxygen atoms in total. The second-order valence-corrected chi connectivity index (χ2v) is 2.52. The summed E-state index contributed by atoms with van der Waals surface area (Å²) in [6.07, 6.45) is -3.67. The van der Waals surface area contributed by atoms with Gasteiger partial charge in [-0.1, -0.05) is 0 Å². The predicted octanol–water partition coefficient (Wildman–Crippen LogP) is 1.56. The summed E-state index contributed by atoms with van der Waals surface area (Å²) < 4.78 is 40.8. The minimum atomic E-state index is -4.15. The summed E-state index contributed by atoms with van der Waals surface area (Å²) in [7, 11) is 2.78. The van der Waals surface area contributed by atoms with E-state index in [1.807, 2.05) is 0 Å². The van der Waals surface area contributed by atoms with Crippen molar-refractivity contribution in [1.29, 1.82) is 0 Å². The Hall–Kier alpha value is -0.290. The van der Waals surface area contributed by atoms with Crippen LogP contribution >= 0.6 is 0 Å². The van der Waals surface area contributed by atoms with E-state index >= 15 is 0 Å². The van der Waals surface area contributed by atoms with E-state index < -0.39 is 12.2 Å². The van der Waals surface area contributed by atoms with Crippen molar-refractivity contribution in [3.8, 4) is 0 Å². The summed E-state index contributed by atoms with van der Waals surface area (Å²) in [4.78, 5) is 0. The van der Waals surface area contributed by atoms with E-state index in [1.54, 1.807) is 0 Å². The van der Waals surface area contributed by atoms with Crippen LogP contribution in [0.1, 0.15) is 12.8 Å². The SMILES string of the molecule is CNC(CCCOC)C(F)(F)F. The summed E-state index contributed by atoms with van der Waals surface area (Å²) in [6.45, 7) is 0.369. The lowest BCUT2D eigenvalue weighted by molar-refractivity contribution is -0.156. The highest BCUT2D eigenvalue weighted by Gasteiger charge is 2.37. The van der Waals surface area contributed by atoms with Gasteiger partial charge in [0, 0.05) is 13.7 Å². The van der Waals surface area contributed by atoms with E-state index in [2.05, 4.69) is 10.1 Å². The molecule has 0 amide bonds. The molecule has 12 heavy (non-hydrogen) atoms. The normalized spacial score (nSPS) is 14.8. The van der Waals surface area contributed by atoms with E-state index in [4.69, 9.17) is 0 Å². The minimum absolute atomic E-state index is 0.0633. The highest BCUT2D eigenvalue weighted by atomic mass is 19.4. The molecule has 1 unspecified atom stereocenters. The second kappa shape index (κ2) is 5.37. The third kappa shape index (κ3) is 4.56. The van der Waals surface area contributed by atoms with E-state index in [1.165, 1.54) is 14.2 Å². The monoisotopic (exact) mass is 185 g/mol. The molecule has 0 rings (SSSR count). The standard InChI is InChI=1S/C7H14F3NO/c1-11-6(7(8,9)10)4-3-5-12-2/h6,11H,3-5H2,1-2H3. The van der Waals surface area contributed by atoms with Crippen molar-refractivity contribution < 1.29 is 17.9 Å². The van der Waals surface area contributed by atoms with Crippen molar-refractivity contribution in [3.63, 3.8) is 0 Å². The van der Waals surface area contributed by atoms with Crippen LogP contribution in [0.25, 0.3) is 0 Å². The summed E-state index contributed by atoms with van der Waals surface area (Å²) in [6, 6.07) is -1.41. The first kappa shape index (κ1) is 11.7. The van der Waals surface area contributed by atoms with Crippen molar-refractivity contribution in [2.75, 3.05) is 20.8 Å². The maximum absolute atomic E-state index is 12.0. The lowest BCUT2D eigenvalue weighted by atomic mass is 10.1. The quantitative estimate of drug-likeness (QED) is 0.656. The van der Waals surface area contributed by atoms with Gasteiger partial charge < -0.3 is 10.1 Å². The van der Waals surface area contributed by atoms with Gasteiger partial charge in [0.1, 0.15) is 6.04 Å². The number of hydrogen-bond donors (Lipinski definition) is 1. The highest BCUT2D eigenvalue weighted by Crippen LogP contribution is 2.22. The number of rotatable bonds is 5. The largest absolute Gasteiger partial charge is 0.403 e. The molecule has 0 fully saturated rings. The zero-order chi connectivity index (χ0) is 9.61. The molecule has 0 aliphatic heterocycles. The molecule has 0 aliphatic carbocycles. The fourth-order valence-electron chi connectivity index (χ4n) is 0.903. The Balaban J connectivity index is 3.68. The van der Waals surface area contributed by atoms with E-state index in [0.29, 0.717) is 13.0 Å². The lowest BCUT2D eigenvalue weighted by Gasteiger charge is -2.18. The van der Waals surface area contributed by atoms with Crippen molar-refractivity contribution in [3.05, 3.63) is 0 Å². The van der Waals surface area contributed by atoms with Crippen molar-refractivity contribution in [2.24, 2.45) is 0 Å². The second-order valence-electron chi connectivity index (χ2n) is 2.52. The fourth-order valence-corrected chi connectivity index (χ4v) is 0.903. The average Bonchev–Trinajstić information content (AvgIpc) is 1.95. The molecule has 0 radical (unpaired) electrons. The van der Waals surface area contributed by atoms with Crippen LogP contribution in [-0.4, -0.2) is 33.0 Å². The summed E-state index contributed by atoms with van der Waals surface area (Å²) in [5.41, 5.74) is 0. The Morgan fingerprint density at radius 3 is 2.33 bits per heavy atom. The van der Waals surface area contributed by atoms with Gasteiger partial charge in [-0.3, -0.25) is 0 Å². The molecule has 0 heterocycles. The molecule has 1 N–H and O–H groups in total. The minimum Gasteiger partial charge on any atom is -0.385 e. The van der Waals surface area contributed by atoms with Gasteiger partial charge in [-0.25, -0.2) is 0 Å². The average molecular weight is 185 g/mol. The Labute approximate surface area is 70.1 Å². The van der Waals surface area contributed by atoms with E-state index in [9.17, 15) is 13.2 Å². The van der Waals surface area contributed by atoms with Gasteiger partial charge in [-0.05, 0) is 19.9 Å². The third-order valence-corrected chi connectivity index (χ3v) is 1.58. The van der Waals surface area contributed by atoms with Crippen LogP contribution < -0.4 is 5.32 Å². The lowest BCUT2D eigenvalue weighted by Crippen LogP contribution is -2.40. The molecule has 0 saturated heterocycles. The molecule has 0 saturated carbocycles. The van der Waals surface area contributed by atoms with Crippen LogP contribution in [0, 0.1) is 0 Å². The number of halogens is 3. The number of hydrogen-bond acceptors (Lipinski definition) is 2. The Morgan fingerprint density at radius 1 is 1.42 bits per heavy atom. The fraction of sp³-hybridized carbons (Fsp3) is 1.00. The number of ether oxygens (including phenoxy) is 1. The molecule has 0 aromatic carbocycles. The van der Waals surface area contributed by atoms with Crippen LogP contribution in [0.15, 0.2) is 0 Å². The summed E-state index contributed by atoms with van der Waals surface area (Å²) >= 11 is 0. The Kier molecular flexibility index (Phi) is 5.24. The van der Waals surface area contributed by atoms with Crippen molar-refractivity contribution >= 4 is 0 Å². The molecule has 0 bridgehead atoms. The first-order chi connectivity index (χ1) is 5.52. The van der Waals surface area contributed by atoms with Gasteiger partial charge in [0.05, 0.1) is 0 Å². The maximum atomic E-state index is 12.0. The van der Waals surface area contributed by atoms with Gasteiger partial charge in [-0.2, -0.15) is 13.2 Å². The number of methoxy groups -OCH3 is 1. The zero-order valence-electron chi connectivity index (χ0n) is 7.24. The first-order valence-electron chi connectivity index (χ1n) is 3.75. The number of alkyl halides is 3. The molecule has 0 aromatic rings. The van der Waals surface area contributed by atoms with Crippen molar-refractivity contribution in [1.82, 2.24) is 5.32 Å². The Bertz CT molecular complexity index is 116. The molecule has 0 aliphatic rings. The molecule has 5 heteroatoms. The van der Waals surface area contributed by atoms with Gasteiger partial charge >= 0.3 is 6.18 Å². The van der Waals surface area contributed by atoms with Crippen LogP contribution in [0.2, 0.25) is 0 Å². The summed E-state index contributed by atoms with van der Waals surface area (Å²) in [5.74, 6) is 0. The smallest absolute Gasteiger partial charge is 0.385 e. The van der Waals surface area contributed by atoms with Crippen LogP contribution in [-0.2, 0) is 4.74 Å².